The number of aromatic carboxylic acids is 1. The Bertz CT molecular complexity index is 735. The van der Waals surface area contributed by atoms with Gasteiger partial charge in [0, 0.05) is 11.1 Å². The molecule has 0 unspecified atom stereocenters. The first-order valence-corrected chi connectivity index (χ1v) is 7.00. The van der Waals surface area contributed by atoms with E-state index in [1.807, 2.05) is 45.0 Å². The summed E-state index contributed by atoms with van der Waals surface area (Å²) >= 11 is 0. The third kappa shape index (κ3) is 2.07. The molecule has 1 aliphatic heterocycles. The van der Waals surface area contributed by atoms with Crippen LogP contribution in [0, 0.1) is 0 Å². The van der Waals surface area contributed by atoms with E-state index in [1.54, 1.807) is 6.07 Å². The van der Waals surface area contributed by atoms with Crippen LogP contribution in [0.15, 0.2) is 30.3 Å². The van der Waals surface area contributed by atoms with Crippen molar-refractivity contribution in [2.24, 2.45) is 0 Å². The number of aromatic nitrogens is 1. The van der Waals surface area contributed by atoms with Gasteiger partial charge in [0.1, 0.15) is 11.4 Å². The van der Waals surface area contributed by atoms with Crippen LogP contribution in [0.3, 0.4) is 0 Å². The van der Waals surface area contributed by atoms with Crippen molar-refractivity contribution in [3.05, 3.63) is 47.2 Å². The number of hydrogen-bond acceptors (Lipinski definition) is 3. The molecule has 4 heteroatoms. The van der Waals surface area contributed by atoms with Gasteiger partial charge in [0.25, 0.3) is 0 Å². The number of para-hydroxylation sites is 1. The molecule has 0 radical (unpaired) electrons. The summed E-state index contributed by atoms with van der Waals surface area (Å²) in [7, 11) is 0. The summed E-state index contributed by atoms with van der Waals surface area (Å²) in [4.78, 5) is 16.1. The van der Waals surface area contributed by atoms with Crippen molar-refractivity contribution in [2.75, 3.05) is 0 Å². The number of carbonyl (C=O) groups is 1. The molecule has 0 saturated carbocycles. The highest BCUT2D eigenvalue weighted by atomic mass is 16.5. The fraction of sp³-hybridized carbons (Fsp3) is 0.294. The maximum Gasteiger partial charge on any atom is 0.337 e. The second kappa shape index (κ2) is 4.58. The quantitative estimate of drug-likeness (QED) is 0.914. The Labute approximate surface area is 123 Å². The van der Waals surface area contributed by atoms with Crippen molar-refractivity contribution < 1.29 is 14.6 Å². The molecule has 0 spiro atoms. The number of ether oxygens (including phenoxy) is 1. The third-order valence-electron chi connectivity index (χ3n) is 3.82. The number of aryl methyl sites for hydroxylation is 1. The van der Waals surface area contributed by atoms with Crippen molar-refractivity contribution in [3.63, 3.8) is 0 Å². The lowest BCUT2D eigenvalue weighted by Crippen LogP contribution is -2.30. The molecule has 0 amide bonds. The van der Waals surface area contributed by atoms with Gasteiger partial charge in [0.2, 0.25) is 0 Å². The number of fused-ring (bicyclic) bond motifs is 3. The maximum atomic E-state index is 11.4. The van der Waals surface area contributed by atoms with Crippen LogP contribution < -0.4 is 4.74 Å². The highest BCUT2D eigenvalue weighted by Crippen LogP contribution is 2.44. The molecule has 1 aromatic heterocycles. The monoisotopic (exact) mass is 283 g/mol. The van der Waals surface area contributed by atoms with Crippen LogP contribution >= 0.6 is 0 Å². The van der Waals surface area contributed by atoms with Crippen molar-refractivity contribution in [3.8, 4) is 17.0 Å². The molecule has 2 heterocycles. The van der Waals surface area contributed by atoms with Gasteiger partial charge in [-0.1, -0.05) is 19.1 Å². The average molecular weight is 283 g/mol. The van der Waals surface area contributed by atoms with E-state index in [4.69, 9.17) is 4.74 Å². The van der Waals surface area contributed by atoms with Crippen LogP contribution in [0.5, 0.6) is 5.75 Å². The van der Waals surface area contributed by atoms with E-state index in [0.29, 0.717) is 12.1 Å². The molecule has 2 aromatic rings. The molecule has 0 aliphatic carbocycles. The second-order valence-electron chi connectivity index (χ2n) is 5.65. The highest BCUT2D eigenvalue weighted by molar-refractivity contribution is 5.90. The molecular formula is C17H17NO3. The fourth-order valence-corrected chi connectivity index (χ4v) is 2.75. The minimum atomic E-state index is -0.947. The summed E-state index contributed by atoms with van der Waals surface area (Å²) in [6.45, 7) is 5.78. The number of benzene rings is 1. The predicted octanol–water partition coefficient (Wildman–Crippen LogP) is 3.64. The molecule has 3 rings (SSSR count). The highest BCUT2D eigenvalue weighted by Gasteiger charge is 2.35. The van der Waals surface area contributed by atoms with E-state index in [2.05, 4.69) is 4.98 Å². The summed E-state index contributed by atoms with van der Waals surface area (Å²) < 4.78 is 6.02. The predicted molar refractivity (Wildman–Crippen MR) is 79.7 cm³/mol. The number of pyridine rings is 1. The van der Waals surface area contributed by atoms with E-state index in [1.165, 1.54) is 0 Å². The number of nitrogens with zero attached hydrogens (tertiary/aromatic N) is 1. The standard InChI is InChI=1S/C17H17NO3/c1-4-13-11(16(19)20)9-12-15(18-13)10-7-5-6-8-14(10)21-17(12,2)3/h5-9H,4H2,1-3H3,(H,19,20). The third-order valence-corrected chi connectivity index (χ3v) is 3.82. The lowest BCUT2D eigenvalue weighted by molar-refractivity contribution is 0.0693. The zero-order valence-corrected chi connectivity index (χ0v) is 12.3. The molecule has 108 valence electrons. The van der Waals surface area contributed by atoms with Gasteiger partial charge in [-0.15, -0.1) is 0 Å². The van der Waals surface area contributed by atoms with Crippen molar-refractivity contribution in [1.82, 2.24) is 4.98 Å². The number of rotatable bonds is 2. The maximum absolute atomic E-state index is 11.4. The van der Waals surface area contributed by atoms with Crippen molar-refractivity contribution in [2.45, 2.75) is 32.8 Å². The zero-order valence-electron chi connectivity index (χ0n) is 12.3. The molecular weight excluding hydrogens is 266 g/mol. The molecule has 4 nitrogen and oxygen atoms in total. The first kappa shape index (κ1) is 13.6. The van der Waals surface area contributed by atoms with Gasteiger partial charge in [0.05, 0.1) is 17.0 Å². The van der Waals surface area contributed by atoms with E-state index >= 15 is 0 Å². The Hall–Kier alpha value is -2.36. The first-order chi connectivity index (χ1) is 9.94. The molecule has 1 aliphatic rings. The number of carboxylic acids is 1. The molecule has 0 fully saturated rings. The van der Waals surface area contributed by atoms with Gasteiger partial charge >= 0.3 is 5.97 Å². The first-order valence-electron chi connectivity index (χ1n) is 7.00. The molecule has 1 N–H and O–H groups in total. The largest absolute Gasteiger partial charge is 0.482 e. The molecule has 0 bridgehead atoms. The average Bonchev–Trinajstić information content (AvgIpc) is 2.45. The van der Waals surface area contributed by atoms with Crippen molar-refractivity contribution >= 4 is 5.97 Å². The number of hydrogen-bond donors (Lipinski definition) is 1. The minimum absolute atomic E-state index is 0.257. The normalized spacial score (nSPS) is 14.8. The smallest absolute Gasteiger partial charge is 0.337 e. The van der Waals surface area contributed by atoms with E-state index < -0.39 is 11.6 Å². The summed E-state index contributed by atoms with van der Waals surface area (Å²) in [6.07, 6.45) is 0.582. The zero-order chi connectivity index (χ0) is 15.2. The van der Waals surface area contributed by atoms with Crippen LogP contribution in [0.1, 0.15) is 42.4 Å². The second-order valence-corrected chi connectivity index (χ2v) is 5.65. The summed E-state index contributed by atoms with van der Waals surface area (Å²) in [5, 5.41) is 9.38. The Morgan fingerprint density at radius 2 is 2.05 bits per heavy atom. The van der Waals surface area contributed by atoms with Gasteiger partial charge < -0.3 is 9.84 Å². The Kier molecular flexibility index (Phi) is 2.97. The lowest BCUT2D eigenvalue weighted by atomic mass is 9.88. The van der Waals surface area contributed by atoms with Gasteiger partial charge in [0.15, 0.2) is 0 Å². The van der Waals surface area contributed by atoms with Crippen molar-refractivity contribution in [1.29, 1.82) is 0 Å². The van der Waals surface area contributed by atoms with Gasteiger partial charge in [-0.3, -0.25) is 4.98 Å². The molecule has 0 saturated heterocycles. The summed E-state index contributed by atoms with van der Waals surface area (Å²) in [5.74, 6) is -0.163. The van der Waals surface area contributed by atoms with E-state index in [-0.39, 0.29) is 5.56 Å². The van der Waals surface area contributed by atoms with Crippen LogP contribution in [-0.2, 0) is 12.0 Å². The van der Waals surface area contributed by atoms with Gasteiger partial charge in [-0.05, 0) is 38.5 Å². The summed E-state index contributed by atoms with van der Waals surface area (Å²) in [6, 6.07) is 9.43. The van der Waals surface area contributed by atoms with Crippen LogP contribution in [0.4, 0.5) is 0 Å². The van der Waals surface area contributed by atoms with Crippen LogP contribution in [0.2, 0.25) is 0 Å². The van der Waals surface area contributed by atoms with E-state index in [0.717, 1.165) is 22.6 Å². The summed E-state index contributed by atoms with van der Waals surface area (Å²) in [5.41, 5.74) is 2.81. The number of carboxylic acid groups (broad SMARTS) is 1. The fourth-order valence-electron chi connectivity index (χ4n) is 2.75. The molecule has 0 atom stereocenters. The Balaban J connectivity index is 2.34. The lowest BCUT2D eigenvalue weighted by Gasteiger charge is -2.34. The SMILES string of the molecule is CCc1nc2c(cc1C(=O)O)C(C)(C)Oc1ccccc1-2. The minimum Gasteiger partial charge on any atom is -0.482 e. The Morgan fingerprint density at radius 3 is 2.71 bits per heavy atom. The van der Waals surface area contributed by atoms with Gasteiger partial charge in [-0.2, -0.15) is 0 Å². The molecule has 1 aromatic carbocycles. The van der Waals surface area contributed by atoms with Crippen LogP contribution in [-0.4, -0.2) is 16.1 Å². The van der Waals surface area contributed by atoms with Crippen LogP contribution in [0.25, 0.3) is 11.3 Å². The van der Waals surface area contributed by atoms with E-state index in [9.17, 15) is 9.90 Å². The molecule has 21 heavy (non-hydrogen) atoms. The Morgan fingerprint density at radius 1 is 1.33 bits per heavy atom. The topological polar surface area (TPSA) is 59.4 Å². The van der Waals surface area contributed by atoms with Gasteiger partial charge in [-0.25, -0.2) is 4.79 Å².